The van der Waals surface area contributed by atoms with Crippen LogP contribution in [-0.4, -0.2) is 56.7 Å². The predicted octanol–water partition coefficient (Wildman–Crippen LogP) is 1.90. The van der Waals surface area contributed by atoms with Gasteiger partial charge in [-0.25, -0.2) is 0 Å². The van der Waals surface area contributed by atoms with E-state index in [1.165, 1.54) is 24.3 Å². The van der Waals surface area contributed by atoms with E-state index >= 15 is 0 Å². The van der Waals surface area contributed by atoms with Crippen LogP contribution < -0.4 is 0 Å². The standard InChI is InChI=1S/C10H26O2S4Si2/c1-3-11-9(17)5-7-13-15-16-14-8-6-10(18)12-4-2/h9-10H,3-8H2,1-2,17-18H3. The zero-order chi connectivity index (χ0) is 13.6. The van der Waals surface area contributed by atoms with Crippen LogP contribution in [0, 0.1) is 0 Å². The molecule has 0 rings (SSSR count). The fraction of sp³-hybridized carbons (Fsp3) is 1.00. The van der Waals surface area contributed by atoms with Gasteiger partial charge in [-0.3, -0.25) is 0 Å². The Morgan fingerprint density at radius 3 is 1.56 bits per heavy atom. The SMILES string of the molecule is CCOC([SiH3])CCSSSSCCC([SiH3])OCC. The molecule has 0 aromatic heterocycles. The Kier molecular flexibility index (Phi) is 16.6. The fourth-order valence-electron chi connectivity index (χ4n) is 1.27. The molecule has 0 aliphatic rings. The number of hydrogen-bond donors (Lipinski definition) is 0. The van der Waals surface area contributed by atoms with Crippen LogP contribution in [0.3, 0.4) is 0 Å². The summed E-state index contributed by atoms with van der Waals surface area (Å²) in [6, 6.07) is 0. The van der Waals surface area contributed by atoms with Crippen molar-refractivity contribution in [2.24, 2.45) is 0 Å². The molecule has 0 saturated carbocycles. The van der Waals surface area contributed by atoms with E-state index in [1.807, 2.05) is 41.2 Å². The van der Waals surface area contributed by atoms with E-state index in [1.54, 1.807) is 0 Å². The molecule has 0 aromatic rings. The second-order valence-corrected chi connectivity index (χ2v) is 12.7. The van der Waals surface area contributed by atoms with Crippen LogP contribution in [0.1, 0.15) is 26.7 Å². The van der Waals surface area contributed by atoms with Gasteiger partial charge >= 0.3 is 0 Å². The molecule has 0 spiro atoms. The van der Waals surface area contributed by atoms with Crippen molar-refractivity contribution in [1.82, 2.24) is 0 Å². The van der Waals surface area contributed by atoms with Gasteiger partial charge in [0.05, 0.1) is 0 Å². The molecular formula is C10H26O2S4Si2. The number of hydrogen-bond acceptors (Lipinski definition) is 6. The fourth-order valence-corrected chi connectivity index (χ4v) is 9.70. The van der Waals surface area contributed by atoms with Crippen LogP contribution in [-0.2, 0) is 9.47 Å². The van der Waals surface area contributed by atoms with E-state index in [0.29, 0.717) is 11.5 Å². The molecule has 0 radical (unpaired) electrons. The molecule has 2 unspecified atom stereocenters. The maximum Gasteiger partial charge on any atom is 0.0436 e. The zero-order valence-corrected chi connectivity index (χ0v) is 19.1. The molecular weight excluding hydrogens is 337 g/mol. The summed E-state index contributed by atoms with van der Waals surface area (Å²) in [7, 11) is 10.0. The molecule has 18 heavy (non-hydrogen) atoms. The molecule has 0 saturated heterocycles. The van der Waals surface area contributed by atoms with Gasteiger partial charge in [-0.05, 0) is 46.3 Å². The lowest BCUT2D eigenvalue weighted by Gasteiger charge is -2.11. The molecule has 8 heteroatoms. The first-order chi connectivity index (χ1) is 8.70. The Labute approximate surface area is 133 Å². The van der Waals surface area contributed by atoms with Crippen molar-refractivity contribution in [1.29, 1.82) is 0 Å². The van der Waals surface area contributed by atoms with E-state index in [0.717, 1.165) is 33.7 Å². The van der Waals surface area contributed by atoms with Crippen molar-refractivity contribution >= 4 is 61.7 Å². The van der Waals surface area contributed by atoms with Crippen molar-refractivity contribution in [2.75, 3.05) is 24.7 Å². The minimum absolute atomic E-state index is 0.540. The van der Waals surface area contributed by atoms with Crippen LogP contribution >= 0.6 is 41.2 Å². The average Bonchev–Trinajstić information content (AvgIpc) is 2.33. The first-order valence-corrected chi connectivity index (χ1v) is 14.0. The smallest absolute Gasteiger partial charge is 0.0436 e. The van der Waals surface area contributed by atoms with Gasteiger partial charge in [0.1, 0.15) is 0 Å². The molecule has 0 aromatic carbocycles. The summed E-state index contributed by atoms with van der Waals surface area (Å²) in [4.78, 5) is 0. The highest BCUT2D eigenvalue weighted by molar-refractivity contribution is 9.26. The van der Waals surface area contributed by atoms with Crippen molar-refractivity contribution in [3.8, 4) is 0 Å². The Bertz CT molecular complexity index is 162. The second-order valence-electron chi connectivity index (χ2n) is 3.89. The molecule has 0 fully saturated rings. The van der Waals surface area contributed by atoms with Crippen LogP contribution in [0.25, 0.3) is 0 Å². The minimum Gasteiger partial charge on any atom is -0.383 e. The van der Waals surface area contributed by atoms with Gasteiger partial charge in [-0.1, -0.05) is 21.6 Å². The molecule has 0 amide bonds. The van der Waals surface area contributed by atoms with Crippen molar-refractivity contribution in [3.63, 3.8) is 0 Å². The third-order valence-corrected chi connectivity index (χ3v) is 10.6. The highest BCUT2D eigenvalue weighted by atomic mass is 33.7. The van der Waals surface area contributed by atoms with E-state index in [9.17, 15) is 0 Å². The van der Waals surface area contributed by atoms with Gasteiger partial charge in [-0.15, -0.1) is 0 Å². The third kappa shape index (κ3) is 14.2. The van der Waals surface area contributed by atoms with Crippen LogP contribution in [0.5, 0.6) is 0 Å². The summed E-state index contributed by atoms with van der Waals surface area (Å²) >= 11 is 0. The molecule has 0 aliphatic heterocycles. The number of rotatable bonds is 13. The molecule has 0 N–H and O–H groups in total. The first-order valence-electron chi connectivity index (χ1n) is 6.51. The molecule has 2 nitrogen and oxygen atoms in total. The van der Waals surface area contributed by atoms with E-state index in [4.69, 9.17) is 9.47 Å². The second kappa shape index (κ2) is 15.1. The van der Waals surface area contributed by atoms with E-state index in [2.05, 4.69) is 13.8 Å². The summed E-state index contributed by atoms with van der Waals surface area (Å²) in [6.07, 6.45) is 2.41. The van der Waals surface area contributed by atoms with Gasteiger partial charge in [0, 0.05) is 56.7 Å². The molecule has 0 aliphatic carbocycles. The highest BCUT2D eigenvalue weighted by Crippen LogP contribution is 2.43. The number of ether oxygens (including phenoxy) is 2. The maximum atomic E-state index is 5.55. The normalized spacial score (nSPS) is 15.0. The summed E-state index contributed by atoms with van der Waals surface area (Å²) < 4.78 is 11.1. The van der Waals surface area contributed by atoms with Gasteiger partial charge in [0.25, 0.3) is 0 Å². The van der Waals surface area contributed by atoms with Crippen molar-refractivity contribution in [2.45, 2.75) is 38.1 Å². The van der Waals surface area contributed by atoms with E-state index < -0.39 is 0 Å². The van der Waals surface area contributed by atoms with Crippen molar-refractivity contribution < 1.29 is 9.47 Å². The first kappa shape index (κ1) is 19.8. The zero-order valence-electron chi connectivity index (χ0n) is 11.8. The minimum atomic E-state index is 0.540. The molecule has 0 heterocycles. The van der Waals surface area contributed by atoms with Gasteiger partial charge in [0.15, 0.2) is 0 Å². The molecule has 2 atom stereocenters. The topological polar surface area (TPSA) is 18.5 Å². The third-order valence-electron chi connectivity index (χ3n) is 2.24. The molecule has 110 valence electrons. The van der Waals surface area contributed by atoms with Crippen LogP contribution in [0.15, 0.2) is 0 Å². The van der Waals surface area contributed by atoms with Crippen LogP contribution in [0.4, 0.5) is 0 Å². The van der Waals surface area contributed by atoms with E-state index in [-0.39, 0.29) is 0 Å². The quantitative estimate of drug-likeness (QED) is 0.281. The monoisotopic (exact) mass is 362 g/mol. The van der Waals surface area contributed by atoms with Gasteiger partial charge in [-0.2, -0.15) is 0 Å². The highest BCUT2D eigenvalue weighted by Gasteiger charge is 2.02. The van der Waals surface area contributed by atoms with Gasteiger partial charge in [0.2, 0.25) is 0 Å². The Morgan fingerprint density at radius 2 is 1.22 bits per heavy atom. The Balaban J connectivity index is 3.11. The summed E-state index contributed by atoms with van der Waals surface area (Å²) in [5.74, 6) is 2.41. The van der Waals surface area contributed by atoms with Gasteiger partial charge < -0.3 is 9.47 Å². The average molecular weight is 363 g/mol. The Morgan fingerprint density at radius 1 is 0.833 bits per heavy atom. The van der Waals surface area contributed by atoms with Crippen molar-refractivity contribution in [3.05, 3.63) is 0 Å². The molecule has 0 bridgehead atoms. The lowest BCUT2D eigenvalue weighted by atomic mass is 10.5. The summed E-state index contributed by atoms with van der Waals surface area (Å²) in [5.41, 5.74) is 1.08. The largest absolute Gasteiger partial charge is 0.383 e. The summed E-state index contributed by atoms with van der Waals surface area (Å²) in [5, 5.41) is 0. The Hall–Kier alpha value is 1.75. The summed E-state index contributed by atoms with van der Waals surface area (Å²) in [6.45, 7) is 5.87. The maximum absolute atomic E-state index is 5.55. The lowest BCUT2D eigenvalue weighted by molar-refractivity contribution is 0.117. The predicted molar refractivity (Wildman–Crippen MR) is 100 cm³/mol. The van der Waals surface area contributed by atoms with Crippen LogP contribution in [0.2, 0.25) is 0 Å². The lowest BCUT2D eigenvalue weighted by Crippen LogP contribution is -2.13.